The van der Waals surface area contributed by atoms with Crippen molar-refractivity contribution in [2.75, 3.05) is 25.0 Å². The second kappa shape index (κ2) is 7.77. The number of anilines is 1. The molecule has 3 rings (SSSR count). The Hall–Kier alpha value is -2.55. The van der Waals surface area contributed by atoms with Crippen LogP contribution in [0.15, 0.2) is 41.9 Å². The molecule has 1 aliphatic rings. The second-order valence-electron chi connectivity index (χ2n) is 5.62. The Kier molecular flexibility index (Phi) is 5.46. The maximum Gasteiger partial charge on any atom is 0.422 e. The van der Waals surface area contributed by atoms with Crippen molar-refractivity contribution in [1.29, 1.82) is 0 Å². The van der Waals surface area contributed by atoms with Gasteiger partial charge < -0.3 is 15.0 Å². The number of carbonyl (C=O) groups excluding carboxylic acids is 1. The molecule has 0 radical (unpaired) electrons. The van der Waals surface area contributed by atoms with E-state index in [-0.39, 0.29) is 11.9 Å². The van der Waals surface area contributed by atoms with Gasteiger partial charge in [-0.15, -0.1) is 11.3 Å². The Morgan fingerprint density at radius 1 is 1.35 bits per heavy atom. The fourth-order valence-corrected chi connectivity index (χ4v) is 3.23. The van der Waals surface area contributed by atoms with Gasteiger partial charge in [-0.1, -0.05) is 12.1 Å². The lowest BCUT2D eigenvalue weighted by atomic mass is 10.1. The first kappa shape index (κ1) is 18.2. The average Bonchev–Trinajstić information content (AvgIpc) is 3.15. The van der Waals surface area contributed by atoms with Crippen LogP contribution in [0.4, 0.5) is 23.7 Å². The number of aromatic nitrogens is 1. The molecule has 0 fully saturated rings. The van der Waals surface area contributed by atoms with Gasteiger partial charge in [0, 0.05) is 24.0 Å². The summed E-state index contributed by atoms with van der Waals surface area (Å²) >= 11 is 1.67. The third-order valence-corrected chi connectivity index (χ3v) is 4.65. The molecule has 3 heterocycles. The van der Waals surface area contributed by atoms with Crippen LogP contribution < -0.4 is 10.1 Å². The summed E-state index contributed by atoms with van der Waals surface area (Å²) in [5, 5.41) is 4.70. The van der Waals surface area contributed by atoms with Crippen molar-refractivity contribution in [1.82, 2.24) is 9.88 Å². The standard InChI is InChI=1S/C17H16F3N3O2S/c18-17(19,20)11-25-15-4-3-13(10-21-15)22-16(24)23-7-5-12(6-8-23)14-2-1-9-26-14/h1-5,9-10H,6-8,11H2,(H,22,24). The van der Waals surface area contributed by atoms with E-state index in [0.29, 0.717) is 18.8 Å². The Morgan fingerprint density at radius 3 is 2.77 bits per heavy atom. The fraction of sp³-hybridized carbons (Fsp3) is 0.294. The summed E-state index contributed by atoms with van der Waals surface area (Å²) < 4.78 is 40.8. The van der Waals surface area contributed by atoms with Crippen LogP contribution in [0.1, 0.15) is 11.3 Å². The molecule has 1 N–H and O–H groups in total. The first-order chi connectivity index (χ1) is 12.4. The number of halogens is 3. The quantitative estimate of drug-likeness (QED) is 0.851. The third kappa shape index (κ3) is 4.98. The van der Waals surface area contributed by atoms with Gasteiger partial charge in [0.1, 0.15) is 0 Å². The monoisotopic (exact) mass is 383 g/mol. The van der Waals surface area contributed by atoms with Crippen LogP contribution in [-0.2, 0) is 0 Å². The number of hydrogen-bond donors (Lipinski definition) is 1. The van der Waals surface area contributed by atoms with Crippen LogP contribution >= 0.6 is 11.3 Å². The molecular formula is C17H16F3N3O2S. The van der Waals surface area contributed by atoms with Crippen LogP contribution in [0.2, 0.25) is 0 Å². The topological polar surface area (TPSA) is 54.5 Å². The van der Waals surface area contributed by atoms with Gasteiger partial charge in [-0.05, 0) is 29.5 Å². The molecule has 0 unspecified atom stereocenters. The minimum absolute atomic E-state index is 0.151. The highest BCUT2D eigenvalue weighted by Crippen LogP contribution is 2.26. The van der Waals surface area contributed by atoms with E-state index in [1.807, 2.05) is 17.5 Å². The van der Waals surface area contributed by atoms with Gasteiger partial charge in [0.15, 0.2) is 6.61 Å². The van der Waals surface area contributed by atoms with Crippen LogP contribution in [0.25, 0.3) is 5.57 Å². The normalized spacial score (nSPS) is 14.7. The number of alkyl halides is 3. The van der Waals surface area contributed by atoms with E-state index in [1.54, 1.807) is 16.2 Å². The molecule has 2 amide bonds. The summed E-state index contributed by atoms with van der Waals surface area (Å²) in [7, 11) is 0. The smallest absolute Gasteiger partial charge is 0.422 e. The van der Waals surface area contributed by atoms with Gasteiger partial charge in [0.25, 0.3) is 0 Å². The molecule has 5 nitrogen and oxygen atoms in total. The summed E-state index contributed by atoms with van der Waals surface area (Å²) in [5.41, 5.74) is 1.62. The number of amides is 2. The molecule has 1 aliphatic heterocycles. The zero-order valence-electron chi connectivity index (χ0n) is 13.6. The number of pyridine rings is 1. The maximum atomic E-state index is 12.3. The van der Waals surface area contributed by atoms with Gasteiger partial charge in [-0.3, -0.25) is 0 Å². The first-order valence-corrected chi connectivity index (χ1v) is 8.73. The molecule has 0 aromatic carbocycles. The third-order valence-electron chi connectivity index (χ3n) is 3.71. The van der Waals surface area contributed by atoms with Crippen molar-refractivity contribution in [2.24, 2.45) is 0 Å². The lowest BCUT2D eigenvalue weighted by molar-refractivity contribution is -0.154. The van der Waals surface area contributed by atoms with Gasteiger partial charge in [0.05, 0.1) is 11.9 Å². The molecule has 0 spiro atoms. The van der Waals surface area contributed by atoms with Crippen LogP contribution in [0.3, 0.4) is 0 Å². The predicted octanol–water partition coefficient (Wildman–Crippen LogP) is 4.41. The highest BCUT2D eigenvalue weighted by Gasteiger charge is 2.28. The SMILES string of the molecule is O=C(Nc1ccc(OCC(F)(F)F)nc1)N1CC=C(c2cccs2)CC1. The number of urea groups is 1. The zero-order valence-corrected chi connectivity index (χ0v) is 14.4. The van der Waals surface area contributed by atoms with Crippen molar-refractivity contribution >= 4 is 28.6 Å². The van der Waals surface area contributed by atoms with E-state index in [9.17, 15) is 18.0 Å². The Balaban J connectivity index is 1.52. The summed E-state index contributed by atoms with van der Waals surface area (Å²) in [6.45, 7) is -0.312. The summed E-state index contributed by atoms with van der Waals surface area (Å²) in [4.78, 5) is 18.9. The number of thiophene rings is 1. The Labute approximate surface area is 152 Å². The van der Waals surface area contributed by atoms with E-state index in [1.165, 1.54) is 28.8 Å². The minimum atomic E-state index is -4.42. The summed E-state index contributed by atoms with van der Waals surface area (Å²) in [5.74, 6) is -0.151. The number of ether oxygens (including phenoxy) is 1. The average molecular weight is 383 g/mol. The van der Waals surface area contributed by atoms with Crippen molar-refractivity contribution in [3.8, 4) is 5.88 Å². The van der Waals surface area contributed by atoms with Crippen molar-refractivity contribution < 1.29 is 22.7 Å². The van der Waals surface area contributed by atoms with Gasteiger partial charge >= 0.3 is 12.2 Å². The highest BCUT2D eigenvalue weighted by molar-refractivity contribution is 7.11. The van der Waals surface area contributed by atoms with Gasteiger partial charge in [-0.25, -0.2) is 9.78 Å². The lowest BCUT2D eigenvalue weighted by Crippen LogP contribution is -2.37. The van der Waals surface area contributed by atoms with Crippen LogP contribution in [0, 0.1) is 0 Å². The zero-order chi connectivity index (χ0) is 18.6. The Morgan fingerprint density at radius 2 is 2.19 bits per heavy atom. The summed E-state index contributed by atoms with van der Waals surface area (Å²) in [6.07, 6.45) is -0.351. The van der Waals surface area contributed by atoms with Crippen LogP contribution in [0.5, 0.6) is 5.88 Å². The molecule has 9 heteroatoms. The van der Waals surface area contributed by atoms with E-state index in [4.69, 9.17) is 0 Å². The van der Waals surface area contributed by atoms with Gasteiger partial charge in [-0.2, -0.15) is 13.2 Å². The molecule has 0 saturated heterocycles. The maximum absolute atomic E-state index is 12.3. The molecular weight excluding hydrogens is 367 g/mol. The van der Waals surface area contributed by atoms with Gasteiger partial charge in [0.2, 0.25) is 5.88 Å². The molecule has 26 heavy (non-hydrogen) atoms. The molecule has 138 valence electrons. The van der Waals surface area contributed by atoms with E-state index in [0.717, 1.165) is 6.42 Å². The van der Waals surface area contributed by atoms with E-state index >= 15 is 0 Å². The Bertz CT molecular complexity index is 774. The van der Waals surface area contributed by atoms with E-state index < -0.39 is 12.8 Å². The second-order valence-corrected chi connectivity index (χ2v) is 6.57. The molecule has 0 atom stereocenters. The number of rotatable bonds is 4. The number of carbonyl (C=O) groups is 1. The summed E-state index contributed by atoms with van der Waals surface area (Å²) in [6, 6.07) is 6.51. The highest BCUT2D eigenvalue weighted by atomic mass is 32.1. The largest absolute Gasteiger partial charge is 0.468 e. The number of nitrogens with zero attached hydrogens (tertiary/aromatic N) is 2. The number of nitrogens with one attached hydrogen (secondary N) is 1. The molecule has 0 aliphatic carbocycles. The molecule has 2 aromatic heterocycles. The van der Waals surface area contributed by atoms with Crippen molar-refractivity contribution in [2.45, 2.75) is 12.6 Å². The molecule has 0 bridgehead atoms. The van der Waals surface area contributed by atoms with E-state index in [2.05, 4.69) is 21.1 Å². The number of hydrogen-bond acceptors (Lipinski definition) is 4. The van der Waals surface area contributed by atoms with Crippen molar-refractivity contribution in [3.63, 3.8) is 0 Å². The molecule has 2 aromatic rings. The predicted molar refractivity (Wildman–Crippen MR) is 93.3 cm³/mol. The molecule has 0 saturated carbocycles. The first-order valence-electron chi connectivity index (χ1n) is 7.85. The fourth-order valence-electron chi connectivity index (χ4n) is 2.44. The van der Waals surface area contributed by atoms with Crippen LogP contribution in [-0.4, -0.2) is 41.8 Å². The lowest BCUT2D eigenvalue weighted by Gasteiger charge is -2.26. The minimum Gasteiger partial charge on any atom is -0.468 e. The van der Waals surface area contributed by atoms with Crippen molar-refractivity contribution in [3.05, 3.63) is 46.8 Å².